The predicted octanol–water partition coefficient (Wildman–Crippen LogP) is 3.09. The minimum absolute atomic E-state index is 0.0351. The van der Waals surface area contributed by atoms with Crippen LogP contribution in [0.2, 0.25) is 5.02 Å². The molecule has 0 saturated heterocycles. The average Bonchev–Trinajstić information content (AvgIpc) is 2.43. The second kappa shape index (κ2) is 6.74. The molecule has 2 aromatic rings. The number of benzene rings is 1. The van der Waals surface area contributed by atoms with Gasteiger partial charge in [-0.15, -0.1) is 0 Å². The van der Waals surface area contributed by atoms with E-state index in [0.717, 1.165) is 16.5 Å². The maximum Gasteiger partial charge on any atom is 0.320 e. The van der Waals surface area contributed by atoms with Gasteiger partial charge in [0.05, 0.1) is 5.52 Å². The summed E-state index contributed by atoms with van der Waals surface area (Å²) in [6, 6.07) is 6.82. The highest BCUT2D eigenvalue weighted by Gasteiger charge is 2.09. The Kier molecular flexibility index (Phi) is 4.98. The number of urea groups is 1. The number of aryl methyl sites for hydroxylation is 1. The molecule has 0 bridgehead atoms. The molecule has 2 rings (SSSR count). The van der Waals surface area contributed by atoms with Crippen LogP contribution in [-0.2, 0) is 0 Å². The number of rotatable bonds is 4. The van der Waals surface area contributed by atoms with Gasteiger partial charge >= 0.3 is 6.03 Å². The van der Waals surface area contributed by atoms with Crippen molar-refractivity contribution in [3.63, 3.8) is 0 Å². The summed E-state index contributed by atoms with van der Waals surface area (Å²) in [5.41, 5.74) is 1.76. The first-order valence-corrected chi connectivity index (χ1v) is 7.13. The number of fused-ring (bicyclic) bond motifs is 1. The molecular weight excluding hydrogens is 290 g/mol. The van der Waals surface area contributed by atoms with E-state index in [1.54, 1.807) is 6.07 Å². The maximum atomic E-state index is 11.8. The summed E-state index contributed by atoms with van der Waals surface area (Å²) in [6.45, 7) is 3.81. The van der Waals surface area contributed by atoms with Gasteiger partial charge in [-0.25, -0.2) is 9.78 Å². The van der Waals surface area contributed by atoms with E-state index in [9.17, 15) is 4.79 Å². The summed E-state index contributed by atoms with van der Waals surface area (Å²) < 4.78 is 0. The van der Waals surface area contributed by atoms with Gasteiger partial charge in [-0.05, 0) is 44.0 Å². The van der Waals surface area contributed by atoms with Crippen LogP contribution in [0.15, 0.2) is 24.3 Å². The molecule has 3 N–H and O–H groups in total. The summed E-state index contributed by atoms with van der Waals surface area (Å²) in [6.07, 6.45) is 0.507. The molecule has 1 heterocycles. The molecule has 0 aliphatic heterocycles. The Labute approximate surface area is 128 Å². The van der Waals surface area contributed by atoms with Crippen molar-refractivity contribution in [2.24, 2.45) is 0 Å². The van der Waals surface area contributed by atoms with Gasteiger partial charge in [0.15, 0.2) is 0 Å². The summed E-state index contributed by atoms with van der Waals surface area (Å²) in [5, 5.41) is 15.7. The van der Waals surface area contributed by atoms with Crippen LogP contribution in [0.1, 0.15) is 18.9 Å². The molecule has 1 atom stereocenters. The van der Waals surface area contributed by atoms with Gasteiger partial charge in [0.25, 0.3) is 0 Å². The molecule has 1 aromatic carbocycles. The third-order valence-corrected chi connectivity index (χ3v) is 3.52. The van der Waals surface area contributed by atoms with Crippen LogP contribution in [0.5, 0.6) is 0 Å². The summed E-state index contributed by atoms with van der Waals surface area (Å²) in [7, 11) is 0. The molecule has 0 radical (unpaired) electrons. The van der Waals surface area contributed by atoms with E-state index < -0.39 is 0 Å². The van der Waals surface area contributed by atoms with Crippen molar-refractivity contribution in [1.82, 2.24) is 10.3 Å². The van der Waals surface area contributed by atoms with Crippen LogP contribution in [0.3, 0.4) is 0 Å². The Morgan fingerprint density at radius 2 is 2.14 bits per heavy atom. The van der Waals surface area contributed by atoms with Crippen molar-refractivity contribution in [2.45, 2.75) is 26.3 Å². The number of anilines is 1. The second-order valence-corrected chi connectivity index (χ2v) is 5.38. The lowest BCUT2D eigenvalue weighted by molar-refractivity contribution is 0.241. The fourth-order valence-electron chi connectivity index (χ4n) is 2.03. The van der Waals surface area contributed by atoms with E-state index in [0.29, 0.717) is 17.3 Å². The molecule has 0 saturated carbocycles. The molecule has 0 fully saturated rings. The number of aromatic nitrogens is 1. The van der Waals surface area contributed by atoms with E-state index in [2.05, 4.69) is 15.6 Å². The normalized spacial score (nSPS) is 12.2. The minimum atomic E-state index is -0.345. The van der Waals surface area contributed by atoms with Gasteiger partial charge < -0.3 is 10.4 Å². The first kappa shape index (κ1) is 15.5. The number of nitrogens with zero attached hydrogens (tertiary/aromatic N) is 1. The lowest BCUT2D eigenvalue weighted by Crippen LogP contribution is -2.36. The first-order chi connectivity index (χ1) is 10.0. The third kappa shape index (κ3) is 3.83. The zero-order chi connectivity index (χ0) is 15.4. The number of amides is 2. The molecule has 0 aliphatic carbocycles. The highest BCUT2D eigenvalue weighted by molar-refractivity contribution is 6.35. The SMILES string of the molecule is Cc1ccc(Cl)c2ccc(NC(=O)N[C@@H](C)CCO)nc12. The second-order valence-electron chi connectivity index (χ2n) is 4.97. The van der Waals surface area contributed by atoms with Crippen LogP contribution in [0, 0.1) is 6.92 Å². The third-order valence-electron chi connectivity index (χ3n) is 3.19. The number of nitrogens with one attached hydrogen (secondary N) is 2. The van der Waals surface area contributed by atoms with Crippen molar-refractivity contribution in [1.29, 1.82) is 0 Å². The van der Waals surface area contributed by atoms with Gasteiger partial charge in [-0.3, -0.25) is 5.32 Å². The van der Waals surface area contributed by atoms with Crippen molar-refractivity contribution >= 4 is 34.4 Å². The number of carbonyl (C=O) groups excluding carboxylic acids is 1. The van der Waals surface area contributed by atoms with Crippen LogP contribution >= 0.6 is 11.6 Å². The number of hydrogen-bond donors (Lipinski definition) is 3. The number of carbonyl (C=O) groups is 1. The fourth-order valence-corrected chi connectivity index (χ4v) is 2.25. The van der Waals surface area contributed by atoms with Crippen molar-refractivity contribution in [2.75, 3.05) is 11.9 Å². The van der Waals surface area contributed by atoms with E-state index in [-0.39, 0.29) is 18.7 Å². The first-order valence-electron chi connectivity index (χ1n) is 6.75. The Balaban J connectivity index is 2.16. The number of pyridine rings is 1. The number of hydrogen-bond acceptors (Lipinski definition) is 3. The smallest absolute Gasteiger partial charge is 0.320 e. The molecule has 1 aromatic heterocycles. The Morgan fingerprint density at radius 3 is 2.86 bits per heavy atom. The van der Waals surface area contributed by atoms with E-state index in [1.807, 2.05) is 32.0 Å². The largest absolute Gasteiger partial charge is 0.396 e. The van der Waals surface area contributed by atoms with Gasteiger partial charge in [0, 0.05) is 23.1 Å². The molecule has 6 heteroatoms. The van der Waals surface area contributed by atoms with Gasteiger partial charge in [-0.1, -0.05) is 17.7 Å². The van der Waals surface area contributed by atoms with E-state index >= 15 is 0 Å². The Bertz CT molecular complexity index is 661. The Morgan fingerprint density at radius 1 is 1.38 bits per heavy atom. The molecule has 5 nitrogen and oxygen atoms in total. The van der Waals surface area contributed by atoms with Crippen LogP contribution in [-0.4, -0.2) is 28.8 Å². The van der Waals surface area contributed by atoms with Crippen LogP contribution < -0.4 is 10.6 Å². The summed E-state index contributed by atoms with van der Waals surface area (Å²) >= 11 is 6.13. The maximum absolute atomic E-state index is 11.8. The molecular formula is C15H18ClN3O2. The zero-order valence-electron chi connectivity index (χ0n) is 12.0. The highest BCUT2D eigenvalue weighted by Crippen LogP contribution is 2.26. The summed E-state index contributed by atoms with van der Waals surface area (Å²) in [5.74, 6) is 0.460. The zero-order valence-corrected chi connectivity index (χ0v) is 12.7. The quantitative estimate of drug-likeness (QED) is 0.812. The number of aliphatic hydroxyl groups is 1. The molecule has 2 amide bonds. The van der Waals surface area contributed by atoms with Crippen molar-refractivity contribution in [3.05, 3.63) is 34.9 Å². The number of aliphatic hydroxyl groups excluding tert-OH is 1. The number of halogens is 1. The van der Waals surface area contributed by atoms with Crippen LogP contribution in [0.4, 0.5) is 10.6 Å². The topological polar surface area (TPSA) is 74.2 Å². The van der Waals surface area contributed by atoms with Crippen molar-refractivity contribution in [3.8, 4) is 0 Å². The monoisotopic (exact) mass is 307 g/mol. The van der Waals surface area contributed by atoms with Gasteiger partial charge in [0.1, 0.15) is 5.82 Å². The lowest BCUT2D eigenvalue weighted by Gasteiger charge is -2.13. The van der Waals surface area contributed by atoms with E-state index in [1.165, 1.54) is 0 Å². The molecule has 112 valence electrons. The van der Waals surface area contributed by atoms with E-state index in [4.69, 9.17) is 16.7 Å². The average molecular weight is 308 g/mol. The summed E-state index contributed by atoms with van der Waals surface area (Å²) in [4.78, 5) is 16.2. The van der Waals surface area contributed by atoms with Crippen LogP contribution in [0.25, 0.3) is 10.9 Å². The molecule has 0 aliphatic rings. The molecule has 0 unspecified atom stereocenters. The van der Waals surface area contributed by atoms with Gasteiger partial charge in [0.2, 0.25) is 0 Å². The molecule has 21 heavy (non-hydrogen) atoms. The van der Waals surface area contributed by atoms with Crippen molar-refractivity contribution < 1.29 is 9.90 Å². The minimum Gasteiger partial charge on any atom is -0.396 e. The lowest BCUT2D eigenvalue weighted by atomic mass is 10.1. The predicted molar refractivity (Wildman–Crippen MR) is 84.8 cm³/mol. The standard InChI is InChI=1S/C15H18ClN3O2/c1-9-3-5-12(16)11-4-6-13(18-14(9)11)19-15(21)17-10(2)7-8-20/h3-6,10,20H,7-8H2,1-2H3,(H2,17,18,19,21)/t10-/m0/s1. The molecule has 0 spiro atoms. The highest BCUT2D eigenvalue weighted by atomic mass is 35.5. The Hall–Kier alpha value is -1.85. The van der Waals surface area contributed by atoms with Gasteiger partial charge in [-0.2, -0.15) is 0 Å². The fraction of sp³-hybridized carbons (Fsp3) is 0.333.